The van der Waals surface area contributed by atoms with Crippen LogP contribution < -0.4 is 0 Å². The van der Waals surface area contributed by atoms with Crippen molar-refractivity contribution in [2.24, 2.45) is 0 Å². The molecule has 0 aliphatic carbocycles. The lowest BCUT2D eigenvalue weighted by Crippen LogP contribution is -2.36. The summed E-state index contributed by atoms with van der Waals surface area (Å²) >= 11 is 0. The van der Waals surface area contributed by atoms with Crippen LogP contribution >= 0.6 is 0 Å². The van der Waals surface area contributed by atoms with Crippen LogP contribution in [0, 0.1) is 12.7 Å². The Labute approximate surface area is 176 Å². The van der Waals surface area contributed by atoms with E-state index in [0.717, 1.165) is 19.6 Å². The highest BCUT2D eigenvalue weighted by Crippen LogP contribution is 2.21. The summed E-state index contributed by atoms with van der Waals surface area (Å²) < 4.78 is 15.6. The van der Waals surface area contributed by atoms with Crippen LogP contribution in [-0.4, -0.2) is 68.7 Å². The molecule has 0 atom stereocenters. The Morgan fingerprint density at radius 3 is 2.57 bits per heavy atom. The molecule has 8 heteroatoms. The van der Waals surface area contributed by atoms with Crippen molar-refractivity contribution in [2.75, 3.05) is 33.2 Å². The molecule has 0 unspecified atom stereocenters. The zero-order chi connectivity index (χ0) is 21.7. The molecule has 3 aromatic rings. The predicted octanol–water partition coefficient (Wildman–Crippen LogP) is 3.19. The summed E-state index contributed by atoms with van der Waals surface area (Å²) in [5.41, 5.74) is 1.98. The minimum absolute atomic E-state index is 0.101. The summed E-state index contributed by atoms with van der Waals surface area (Å²) in [5.74, 6) is -0.167. The number of carbonyl (C=O) groups is 1. The average molecular weight is 410 g/mol. The van der Waals surface area contributed by atoms with Gasteiger partial charge in [0.2, 0.25) is 0 Å². The van der Waals surface area contributed by atoms with Gasteiger partial charge in [-0.2, -0.15) is 5.10 Å². The molecule has 30 heavy (non-hydrogen) atoms. The van der Waals surface area contributed by atoms with Crippen LogP contribution in [0.3, 0.4) is 0 Å². The number of benzene rings is 1. The number of amides is 1. The Kier molecular flexibility index (Phi) is 6.89. The molecule has 0 radical (unpaired) electrons. The molecule has 1 aromatic carbocycles. The minimum atomic E-state index is -0.356. The van der Waals surface area contributed by atoms with E-state index in [4.69, 9.17) is 0 Å². The largest absolute Gasteiger partial charge is 0.340 e. The molecule has 0 fully saturated rings. The summed E-state index contributed by atoms with van der Waals surface area (Å²) in [6.07, 6.45) is 3.09. The molecule has 0 saturated carbocycles. The number of carbonyl (C=O) groups excluding carboxylic acids is 1. The van der Waals surface area contributed by atoms with Crippen molar-refractivity contribution in [1.82, 2.24) is 29.5 Å². The van der Waals surface area contributed by atoms with E-state index in [1.54, 1.807) is 49.3 Å². The molecule has 0 spiro atoms. The van der Waals surface area contributed by atoms with E-state index in [1.807, 2.05) is 0 Å². The van der Waals surface area contributed by atoms with Crippen molar-refractivity contribution >= 4 is 5.91 Å². The van der Waals surface area contributed by atoms with E-state index in [0.29, 0.717) is 29.1 Å². The Bertz CT molecular complexity index is 1010. The predicted molar refractivity (Wildman–Crippen MR) is 114 cm³/mol. The molecule has 2 heterocycles. The van der Waals surface area contributed by atoms with E-state index < -0.39 is 0 Å². The first kappa shape index (κ1) is 21.6. The van der Waals surface area contributed by atoms with E-state index >= 15 is 0 Å². The fourth-order valence-electron chi connectivity index (χ4n) is 3.23. The number of nitrogens with zero attached hydrogens (tertiary/aromatic N) is 6. The third-order valence-electron chi connectivity index (χ3n) is 5.22. The summed E-state index contributed by atoms with van der Waals surface area (Å²) in [7, 11) is 1.79. The topological polar surface area (TPSA) is 67.2 Å². The van der Waals surface area contributed by atoms with E-state index in [1.165, 1.54) is 16.9 Å². The molecule has 7 nitrogen and oxygen atoms in total. The summed E-state index contributed by atoms with van der Waals surface area (Å²) in [6, 6.07) is 8.09. The Balaban J connectivity index is 1.83. The number of hydrogen-bond acceptors (Lipinski definition) is 5. The number of hydrogen-bond donors (Lipinski definition) is 0. The van der Waals surface area contributed by atoms with Crippen LogP contribution in [0.1, 0.15) is 29.9 Å². The molecular weight excluding hydrogens is 383 g/mol. The molecule has 0 saturated heterocycles. The van der Waals surface area contributed by atoms with Gasteiger partial charge >= 0.3 is 0 Å². The smallest absolute Gasteiger partial charge is 0.257 e. The quantitative estimate of drug-likeness (QED) is 0.571. The van der Waals surface area contributed by atoms with Crippen LogP contribution in [-0.2, 0) is 0 Å². The Morgan fingerprint density at radius 1 is 1.13 bits per heavy atom. The first-order valence-corrected chi connectivity index (χ1v) is 10.1. The van der Waals surface area contributed by atoms with Crippen molar-refractivity contribution < 1.29 is 9.18 Å². The molecular formula is C22H27FN6O. The lowest BCUT2D eigenvalue weighted by atomic mass is 10.1. The number of halogens is 1. The lowest BCUT2D eigenvalue weighted by Gasteiger charge is -2.23. The van der Waals surface area contributed by atoms with Crippen molar-refractivity contribution in [3.63, 3.8) is 0 Å². The number of aromatic nitrogens is 4. The highest BCUT2D eigenvalue weighted by atomic mass is 19.1. The first-order valence-electron chi connectivity index (χ1n) is 10.1. The minimum Gasteiger partial charge on any atom is -0.340 e. The highest BCUT2D eigenvalue weighted by Gasteiger charge is 2.20. The van der Waals surface area contributed by atoms with Gasteiger partial charge in [-0.05, 0) is 38.2 Å². The van der Waals surface area contributed by atoms with Gasteiger partial charge in [-0.25, -0.2) is 19.0 Å². The van der Waals surface area contributed by atoms with Gasteiger partial charge in [-0.15, -0.1) is 0 Å². The maximum atomic E-state index is 14.1. The van der Waals surface area contributed by atoms with Crippen LogP contribution in [0.5, 0.6) is 0 Å². The second-order valence-electron chi connectivity index (χ2n) is 7.03. The third-order valence-corrected chi connectivity index (χ3v) is 5.22. The van der Waals surface area contributed by atoms with Gasteiger partial charge in [0.25, 0.3) is 11.9 Å². The highest BCUT2D eigenvalue weighted by molar-refractivity contribution is 5.95. The van der Waals surface area contributed by atoms with Gasteiger partial charge in [-0.1, -0.05) is 26.0 Å². The molecule has 0 aliphatic heterocycles. The zero-order valence-electron chi connectivity index (χ0n) is 17.8. The van der Waals surface area contributed by atoms with Crippen molar-refractivity contribution in [2.45, 2.75) is 20.8 Å². The Morgan fingerprint density at radius 2 is 1.87 bits per heavy atom. The maximum absolute atomic E-state index is 14.1. The molecule has 0 N–H and O–H groups in total. The molecule has 1 amide bonds. The number of rotatable bonds is 8. The second kappa shape index (κ2) is 9.58. The summed E-state index contributed by atoms with van der Waals surface area (Å²) in [4.78, 5) is 25.6. The molecule has 158 valence electrons. The van der Waals surface area contributed by atoms with Gasteiger partial charge in [-0.3, -0.25) is 4.79 Å². The fourth-order valence-corrected chi connectivity index (χ4v) is 3.23. The molecule has 0 aliphatic rings. The van der Waals surface area contributed by atoms with E-state index in [2.05, 4.69) is 33.8 Å². The van der Waals surface area contributed by atoms with Crippen LogP contribution in [0.2, 0.25) is 0 Å². The van der Waals surface area contributed by atoms with Crippen LogP contribution in [0.15, 0.2) is 42.7 Å². The number of likely N-dealkylation sites (N-methyl/N-ethyl adjacent to an activating group) is 2. The van der Waals surface area contributed by atoms with E-state index in [-0.39, 0.29) is 17.7 Å². The average Bonchev–Trinajstić information content (AvgIpc) is 3.15. The van der Waals surface area contributed by atoms with Gasteiger partial charge in [0.05, 0.1) is 23.1 Å². The van der Waals surface area contributed by atoms with Crippen molar-refractivity contribution in [1.29, 1.82) is 0 Å². The fraction of sp³-hybridized carbons (Fsp3) is 0.364. The van der Waals surface area contributed by atoms with Gasteiger partial charge in [0.15, 0.2) is 0 Å². The monoisotopic (exact) mass is 410 g/mol. The third kappa shape index (κ3) is 4.54. The van der Waals surface area contributed by atoms with E-state index in [9.17, 15) is 9.18 Å². The maximum Gasteiger partial charge on any atom is 0.257 e. The first-order chi connectivity index (χ1) is 14.5. The van der Waals surface area contributed by atoms with Crippen LogP contribution in [0.25, 0.3) is 17.2 Å². The van der Waals surface area contributed by atoms with Gasteiger partial charge in [0.1, 0.15) is 5.82 Å². The molecule has 0 bridgehead atoms. The SMILES string of the molecule is CCN(CC)CCN(C)C(=O)c1cnn(-c2nccc(-c3ccccc3F)n2)c1C. The van der Waals surface area contributed by atoms with Crippen LogP contribution in [0.4, 0.5) is 4.39 Å². The molecule has 3 rings (SSSR count). The normalized spacial score (nSPS) is 11.1. The summed E-state index contributed by atoms with van der Waals surface area (Å²) in [6.45, 7) is 9.36. The van der Waals surface area contributed by atoms with Crippen molar-refractivity contribution in [3.05, 3.63) is 59.8 Å². The van der Waals surface area contributed by atoms with Crippen molar-refractivity contribution in [3.8, 4) is 17.2 Å². The molecule has 2 aromatic heterocycles. The standard InChI is InChI=1S/C22H27FN6O/c1-5-28(6-2)14-13-27(4)21(30)18-15-25-29(16(18)3)22-24-12-11-20(26-22)17-9-7-8-10-19(17)23/h7-12,15H,5-6,13-14H2,1-4H3. The Hall–Kier alpha value is -3.13. The summed E-state index contributed by atoms with van der Waals surface area (Å²) in [5, 5.41) is 4.31. The second-order valence-corrected chi connectivity index (χ2v) is 7.03. The lowest BCUT2D eigenvalue weighted by molar-refractivity contribution is 0.0779. The van der Waals surface area contributed by atoms with Gasteiger partial charge < -0.3 is 9.80 Å². The van der Waals surface area contributed by atoms with Gasteiger partial charge in [0, 0.05) is 31.9 Å². The zero-order valence-corrected chi connectivity index (χ0v) is 17.8.